The van der Waals surface area contributed by atoms with Crippen LogP contribution in [0.3, 0.4) is 0 Å². The molecule has 0 atom stereocenters. The Morgan fingerprint density at radius 1 is 1.11 bits per heavy atom. The Labute approximate surface area is 166 Å². The molecular formula is C21H26N2O4S. The quantitative estimate of drug-likeness (QED) is 0.679. The maximum absolute atomic E-state index is 13.0. The summed E-state index contributed by atoms with van der Waals surface area (Å²) >= 11 is 0. The van der Waals surface area contributed by atoms with E-state index in [0.29, 0.717) is 29.5 Å². The van der Waals surface area contributed by atoms with Gasteiger partial charge in [-0.2, -0.15) is 0 Å². The molecule has 0 aromatic heterocycles. The molecule has 2 aromatic rings. The monoisotopic (exact) mass is 402 g/mol. The molecule has 0 N–H and O–H groups in total. The smallest absolute Gasteiger partial charge is 0.264 e. The Morgan fingerprint density at radius 3 is 2.32 bits per heavy atom. The molecule has 6 nitrogen and oxygen atoms in total. The van der Waals surface area contributed by atoms with Gasteiger partial charge in [-0.25, -0.2) is 8.42 Å². The van der Waals surface area contributed by atoms with Crippen LogP contribution in [0.15, 0.2) is 53.4 Å². The number of ether oxygens (including phenoxy) is 1. The molecule has 0 spiro atoms. The average molecular weight is 403 g/mol. The van der Waals surface area contributed by atoms with Crippen LogP contribution in [0.5, 0.6) is 5.75 Å². The third-order valence-corrected chi connectivity index (χ3v) is 6.81. The van der Waals surface area contributed by atoms with Crippen molar-refractivity contribution in [1.82, 2.24) is 4.90 Å². The van der Waals surface area contributed by atoms with Crippen molar-refractivity contribution in [2.45, 2.75) is 24.7 Å². The van der Waals surface area contributed by atoms with Crippen LogP contribution in [-0.2, 0) is 10.0 Å². The van der Waals surface area contributed by atoms with Crippen LogP contribution in [0.1, 0.15) is 30.1 Å². The van der Waals surface area contributed by atoms with E-state index in [-0.39, 0.29) is 10.8 Å². The summed E-state index contributed by atoms with van der Waals surface area (Å²) in [6.45, 7) is 3.37. The lowest BCUT2D eigenvalue weighted by molar-refractivity contribution is 0.0757. The highest BCUT2D eigenvalue weighted by Gasteiger charge is 2.27. The van der Waals surface area contributed by atoms with E-state index in [4.69, 9.17) is 4.74 Å². The Balaban J connectivity index is 1.82. The minimum Gasteiger partial charge on any atom is -0.495 e. The molecule has 1 aliphatic carbocycles. The van der Waals surface area contributed by atoms with Crippen molar-refractivity contribution in [1.29, 1.82) is 0 Å². The van der Waals surface area contributed by atoms with Crippen molar-refractivity contribution < 1.29 is 17.9 Å². The number of carbonyl (C=O) groups excluding carboxylic acids is 1. The van der Waals surface area contributed by atoms with Gasteiger partial charge in [0.25, 0.3) is 15.9 Å². The van der Waals surface area contributed by atoms with E-state index >= 15 is 0 Å². The normalized spacial score (nSPS) is 13.8. The summed E-state index contributed by atoms with van der Waals surface area (Å²) in [6, 6.07) is 13.1. The lowest BCUT2D eigenvalue weighted by Crippen LogP contribution is -2.32. The summed E-state index contributed by atoms with van der Waals surface area (Å²) in [5.41, 5.74) is 0.952. The molecule has 1 saturated carbocycles. The second-order valence-corrected chi connectivity index (χ2v) is 8.93. The first-order chi connectivity index (χ1) is 13.4. The lowest BCUT2D eigenvalue weighted by Gasteiger charge is -2.22. The fraction of sp³-hybridized carbons (Fsp3) is 0.381. The van der Waals surface area contributed by atoms with Crippen molar-refractivity contribution >= 4 is 21.6 Å². The van der Waals surface area contributed by atoms with Gasteiger partial charge in [0, 0.05) is 25.7 Å². The maximum Gasteiger partial charge on any atom is 0.264 e. The summed E-state index contributed by atoms with van der Waals surface area (Å²) in [4.78, 5) is 14.6. The van der Waals surface area contributed by atoms with Crippen molar-refractivity contribution in [3.63, 3.8) is 0 Å². The lowest BCUT2D eigenvalue weighted by atomic mass is 10.2. The number of benzene rings is 2. The SMILES string of the molecule is CCN(CC1CC1)C(=O)c1ccc(S(=O)(=O)N(C)c2ccccc2OC)cc1. The fourth-order valence-electron chi connectivity index (χ4n) is 3.10. The van der Waals surface area contributed by atoms with E-state index in [1.807, 2.05) is 11.8 Å². The molecule has 7 heteroatoms. The van der Waals surface area contributed by atoms with Gasteiger partial charge in [0.1, 0.15) is 5.75 Å². The van der Waals surface area contributed by atoms with Gasteiger partial charge in [0.05, 0.1) is 17.7 Å². The summed E-state index contributed by atoms with van der Waals surface area (Å²) in [6.07, 6.45) is 2.35. The second-order valence-electron chi connectivity index (χ2n) is 6.96. The standard InChI is InChI=1S/C21H26N2O4S/c1-4-23(15-16-9-10-16)21(24)17-11-13-18(14-12-17)28(25,26)22(2)19-7-5-6-8-20(19)27-3/h5-8,11-14,16H,4,9-10,15H2,1-3H3. The summed E-state index contributed by atoms with van der Waals surface area (Å²) < 4.78 is 32.5. The number of hydrogen-bond donors (Lipinski definition) is 0. The third-order valence-electron chi connectivity index (χ3n) is 5.03. The molecule has 0 heterocycles. The van der Waals surface area contributed by atoms with Crippen molar-refractivity contribution in [2.24, 2.45) is 5.92 Å². The molecule has 150 valence electrons. The van der Waals surface area contributed by atoms with Crippen LogP contribution in [0.2, 0.25) is 0 Å². The molecule has 1 fully saturated rings. The number of rotatable bonds is 8. The summed E-state index contributed by atoms with van der Waals surface area (Å²) in [5.74, 6) is 1.02. The molecule has 0 aliphatic heterocycles. The van der Waals surface area contributed by atoms with Crippen molar-refractivity contribution in [3.8, 4) is 5.75 Å². The highest BCUT2D eigenvalue weighted by molar-refractivity contribution is 7.92. The van der Waals surface area contributed by atoms with Crippen LogP contribution in [0.4, 0.5) is 5.69 Å². The molecule has 0 radical (unpaired) electrons. The largest absolute Gasteiger partial charge is 0.495 e. The number of sulfonamides is 1. The van der Waals surface area contributed by atoms with Gasteiger partial charge in [-0.1, -0.05) is 12.1 Å². The van der Waals surface area contributed by atoms with Gasteiger partial charge in [0.2, 0.25) is 0 Å². The van der Waals surface area contributed by atoms with E-state index in [9.17, 15) is 13.2 Å². The van der Waals surface area contributed by atoms with Gasteiger partial charge < -0.3 is 9.64 Å². The number of anilines is 1. The topological polar surface area (TPSA) is 66.9 Å². The highest BCUT2D eigenvalue weighted by Crippen LogP contribution is 2.31. The third kappa shape index (κ3) is 4.14. The number of hydrogen-bond acceptors (Lipinski definition) is 4. The van der Waals surface area contributed by atoms with E-state index in [1.165, 1.54) is 43.4 Å². The molecule has 2 aromatic carbocycles. The van der Waals surface area contributed by atoms with Crippen LogP contribution in [-0.4, -0.2) is 46.5 Å². The Kier molecular flexibility index (Phi) is 5.93. The number of para-hydroxylation sites is 2. The molecule has 28 heavy (non-hydrogen) atoms. The van der Waals surface area contributed by atoms with Crippen molar-refractivity contribution in [2.75, 3.05) is 31.6 Å². The van der Waals surface area contributed by atoms with Gasteiger partial charge in [0.15, 0.2) is 0 Å². The zero-order valence-corrected chi connectivity index (χ0v) is 17.3. The van der Waals surface area contributed by atoms with Gasteiger partial charge in [-0.15, -0.1) is 0 Å². The molecule has 0 unspecified atom stereocenters. The summed E-state index contributed by atoms with van der Waals surface area (Å²) in [7, 11) is -0.786. The van der Waals surface area contributed by atoms with Crippen LogP contribution >= 0.6 is 0 Å². The van der Waals surface area contributed by atoms with E-state index in [2.05, 4.69) is 0 Å². The average Bonchev–Trinajstić information content (AvgIpc) is 3.55. The minimum atomic E-state index is -3.77. The van der Waals surface area contributed by atoms with Gasteiger partial charge in [-0.05, 0) is 62.1 Å². The van der Waals surface area contributed by atoms with Gasteiger partial charge >= 0.3 is 0 Å². The van der Waals surface area contributed by atoms with Crippen LogP contribution < -0.4 is 9.04 Å². The van der Waals surface area contributed by atoms with E-state index in [0.717, 1.165) is 6.54 Å². The number of methoxy groups -OCH3 is 1. The molecule has 3 rings (SSSR count). The first-order valence-corrected chi connectivity index (χ1v) is 10.8. The minimum absolute atomic E-state index is 0.0589. The van der Waals surface area contributed by atoms with Crippen LogP contribution in [0.25, 0.3) is 0 Å². The molecule has 1 aliphatic rings. The van der Waals surface area contributed by atoms with Crippen molar-refractivity contribution in [3.05, 3.63) is 54.1 Å². The number of nitrogens with zero attached hydrogens (tertiary/aromatic N) is 2. The van der Waals surface area contributed by atoms with E-state index < -0.39 is 10.0 Å². The maximum atomic E-state index is 13.0. The first kappa shape index (κ1) is 20.2. The predicted molar refractivity (Wildman–Crippen MR) is 109 cm³/mol. The second kappa shape index (κ2) is 8.22. The summed E-state index contributed by atoms with van der Waals surface area (Å²) in [5, 5.41) is 0. The molecule has 0 bridgehead atoms. The molecular weight excluding hydrogens is 376 g/mol. The van der Waals surface area contributed by atoms with E-state index in [1.54, 1.807) is 36.4 Å². The highest BCUT2D eigenvalue weighted by atomic mass is 32.2. The van der Waals surface area contributed by atoms with Gasteiger partial charge in [-0.3, -0.25) is 9.10 Å². The number of amides is 1. The Morgan fingerprint density at radius 2 is 1.75 bits per heavy atom. The zero-order chi connectivity index (χ0) is 20.3. The predicted octanol–water partition coefficient (Wildman–Crippen LogP) is 3.39. The fourth-order valence-corrected chi connectivity index (χ4v) is 4.30. The Hall–Kier alpha value is -2.54. The molecule has 1 amide bonds. The Bertz CT molecular complexity index is 937. The first-order valence-electron chi connectivity index (χ1n) is 9.39. The van der Waals surface area contributed by atoms with Crippen LogP contribution in [0, 0.1) is 5.92 Å². The zero-order valence-electron chi connectivity index (χ0n) is 16.5. The number of carbonyl (C=O) groups is 1. The molecule has 0 saturated heterocycles.